The van der Waals surface area contributed by atoms with Crippen molar-refractivity contribution in [2.45, 2.75) is 6.54 Å². The van der Waals surface area contributed by atoms with Crippen molar-refractivity contribution in [3.05, 3.63) is 42.1 Å². The van der Waals surface area contributed by atoms with Crippen molar-refractivity contribution >= 4 is 5.69 Å². The van der Waals surface area contributed by atoms with Gasteiger partial charge in [-0.1, -0.05) is 24.3 Å². The number of hydrazine groups is 1. The Bertz CT molecular complexity index is 373. The van der Waals surface area contributed by atoms with E-state index in [-0.39, 0.29) is 0 Å². The summed E-state index contributed by atoms with van der Waals surface area (Å²) in [4.78, 5) is 0. The molecular weight excluding hydrogens is 174 g/mol. The molecule has 14 heavy (non-hydrogen) atoms. The summed E-state index contributed by atoms with van der Waals surface area (Å²) in [6, 6.07) is 8.50. The third-order valence-corrected chi connectivity index (χ3v) is 2.76. The average Bonchev–Trinajstić information content (AvgIpc) is 2.58. The van der Waals surface area contributed by atoms with Gasteiger partial charge >= 0.3 is 0 Å². The molecule has 1 aromatic carbocycles. The first-order valence-corrected chi connectivity index (χ1v) is 4.93. The Balaban J connectivity index is 1.94. The van der Waals surface area contributed by atoms with Crippen LogP contribution in [-0.2, 0) is 6.54 Å². The standard InChI is InChI=1S/C11H13N3/c1-2-5-11-10(4-1)8-13-6-3-7-14(13)9-12-11/h1-5,7,12H,6,8-9H2. The van der Waals surface area contributed by atoms with E-state index < -0.39 is 0 Å². The predicted octanol–water partition coefficient (Wildman–Crippen LogP) is 1.62. The van der Waals surface area contributed by atoms with Crippen LogP contribution in [0.4, 0.5) is 5.69 Å². The summed E-state index contributed by atoms with van der Waals surface area (Å²) >= 11 is 0. The smallest absolute Gasteiger partial charge is 0.102 e. The number of anilines is 1. The number of fused-ring (bicyclic) bond motifs is 2. The monoisotopic (exact) mass is 187 g/mol. The van der Waals surface area contributed by atoms with E-state index in [0.29, 0.717) is 0 Å². The number of benzene rings is 1. The molecule has 1 aromatic rings. The molecule has 2 aliphatic rings. The first kappa shape index (κ1) is 7.88. The highest BCUT2D eigenvalue weighted by Gasteiger charge is 2.20. The minimum absolute atomic E-state index is 0.869. The third kappa shape index (κ3) is 1.17. The van der Waals surface area contributed by atoms with E-state index in [2.05, 4.69) is 51.9 Å². The molecule has 3 nitrogen and oxygen atoms in total. The van der Waals surface area contributed by atoms with Gasteiger partial charge in [-0.25, -0.2) is 5.01 Å². The number of rotatable bonds is 0. The SMILES string of the molecule is C1=CN2CNc3ccccc3CN2C1. The molecule has 0 aliphatic carbocycles. The number of nitrogens with zero attached hydrogens (tertiary/aromatic N) is 2. The van der Waals surface area contributed by atoms with Gasteiger partial charge in [0.2, 0.25) is 0 Å². The van der Waals surface area contributed by atoms with Crippen molar-refractivity contribution in [2.24, 2.45) is 0 Å². The fourth-order valence-corrected chi connectivity index (χ4v) is 1.99. The molecule has 0 saturated carbocycles. The molecule has 0 bridgehead atoms. The van der Waals surface area contributed by atoms with Gasteiger partial charge in [-0.3, -0.25) is 5.01 Å². The van der Waals surface area contributed by atoms with Crippen LogP contribution in [0, 0.1) is 0 Å². The average molecular weight is 187 g/mol. The number of hydrogen-bond donors (Lipinski definition) is 1. The van der Waals surface area contributed by atoms with Gasteiger partial charge in [-0.05, 0) is 11.6 Å². The lowest BCUT2D eigenvalue weighted by Gasteiger charge is -2.25. The summed E-state index contributed by atoms with van der Waals surface area (Å²) in [6.45, 7) is 2.89. The summed E-state index contributed by atoms with van der Waals surface area (Å²) < 4.78 is 0. The van der Waals surface area contributed by atoms with Crippen molar-refractivity contribution in [2.75, 3.05) is 18.5 Å². The summed E-state index contributed by atoms with van der Waals surface area (Å²) in [5.41, 5.74) is 2.63. The van der Waals surface area contributed by atoms with Crippen LogP contribution in [0.5, 0.6) is 0 Å². The Kier molecular flexibility index (Phi) is 1.70. The molecule has 0 saturated heterocycles. The highest BCUT2D eigenvalue weighted by Crippen LogP contribution is 2.23. The van der Waals surface area contributed by atoms with E-state index in [9.17, 15) is 0 Å². The molecule has 0 atom stereocenters. The van der Waals surface area contributed by atoms with E-state index >= 15 is 0 Å². The fraction of sp³-hybridized carbons (Fsp3) is 0.273. The van der Waals surface area contributed by atoms with Gasteiger partial charge in [0, 0.05) is 25.0 Å². The predicted molar refractivity (Wildman–Crippen MR) is 56.3 cm³/mol. The van der Waals surface area contributed by atoms with Crippen LogP contribution in [0.2, 0.25) is 0 Å². The zero-order valence-electron chi connectivity index (χ0n) is 7.98. The van der Waals surface area contributed by atoms with E-state index in [1.165, 1.54) is 11.3 Å². The van der Waals surface area contributed by atoms with E-state index in [0.717, 1.165) is 19.8 Å². The molecule has 0 unspecified atom stereocenters. The summed E-state index contributed by atoms with van der Waals surface area (Å²) in [5, 5.41) is 7.98. The van der Waals surface area contributed by atoms with E-state index in [1.54, 1.807) is 0 Å². The second-order valence-electron chi connectivity index (χ2n) is 3.66. The Morgan fingerprint density at radius 1 is 1.21 bits per heavy atom. The van der Waals surface area contributed by atoms with Crippen molar-refractivity contribution < 1.29 is 0 Å². The number of para-hydroxylation sites is 1. The Labute approximate surface area is 83.6 Å². The third-order valence-electron chi connectivity index (χ3n) is 2.76. The Hall–Kier alpha value is -1.48. The highest BCUT2D eigenvalue weighted by molar-refractivity contribution is 5.51. The molecule has 1 N–H and O–H groups in total. The second-order valence-corrected chi connectivity index (χ2v) is 3.66. The van der Waals surface area contributed by atoms with E-state index in [1.807, 2.05) is 0 Å². The number of hydrogen-bond acceptors (Lipinski definition) is 3. The zero-order chi connectivity index (χ0) is 9.38. The van der Waals surface area contributed by atoms with Crippen LogP contribution in [0.1, 0.15) is 5.56 Å². The van der Waals surface area contributed by atoms with Crippen molar-refractivity contribution in [3.63, 3.8) is 0 Å². The summed E-state index contributed by atoms with van der Waals surface area (Å²) in [7, 11) is 0. The normalized spacial score (nSPS) is 19.9. The van der Waals surface area contributed by atoms with Gasteiger partial charge in [0.15, 0.2) is 0 Å². The molecule has 72 valence electrons. The second kappa shape index (κ2) is 3.03. The quantitative estimate of drug-likeness (QED) is 0.665. The molecule has 0 amide bonds. The Morgan fingerprint density at radius 2 is 2.14 bits per heavy atom. The van der Waals surface area contributed by atoms with Gasteiger partial charge in [-0.2, -0.15) is 0 Å². The number of nitrogens with one attached hydrogen (secondary N) is 1. The maximum Gasteiger partial charge on any atom is 0.102 e. The molecule has 0 fully saturated rings. The molecule has 2 heterocycles. The van der Waals surface area contributed by atoms with Crippen molar-refractivity contribution in [3.8, 4) is 0 Å². The van der Waals surface area contributed by atoms with Crippen LogP contribution in [-0.4, -0.2) is 23.2 Å². The van der Waals surface area contributed by atoms with Crippen molar-refractivity contribution in [1.29, 1.82) is 0 Å². The first-order chi connectivity index (χ1) is 6.93. The zero-order valence-corrected chi connectivity index (χ0v) is 7.98. The van der Waals surface area contributed by atoms with Gasteiger partial charge in [0.05, 0.1) is 0 Å². The lowest BCUT2D eigenvalue weighted by Crippen LogP contribution is -2.35. The molecule has 3 heteroatoms. The highest BCUT2D eigenvalue weighted by atomic mass is 15.6. The molecule has 0 spiro atoms. The minimum Gasteiger partial charge on any atom is -0.366 e. The van der Waals surface area contributed by atoms with Crippen LogP contribution in [0.15, 0.2) is 36.5 Å². The topological polar surface area (TPSA) is 18.5 Å². The van der Waals surface area contributed by atoms with Gasteiger partial charge in [0.25, 0.3) is 0 Å². The van der Waals surface area contributed by atoms with Crippen LogP contribution < -0.4 is 5.32 Å². The maximum atomic E-state index is 3.43. The molecule has 2 aliphatic heterocycles. The molecule has 3 rings (SSSR count). The maximum absolute atomic E-state index is 3.43. The summed E-state index contributed by atoms with van der Waals surface area (Å²) in [6.07, 6.45) is 4.33. The Morgan fingerprint density at radius 3 is 3.14 bits per heavy atom. The lowest BCUT2D eigenvalue weighted by atomic mass is 10.2. The van der Waals surface area contributed by atoms with Gasteiger partial charge < -0.3 is 5.32 Å². The van der Waals surface area contributed by atoms with Crippen molar-refractivity contribution in [1.82, 2.24) is 10.0 Å². The molecule has 0 radical (unpaired) electrons. The molecular formula is C11H13N3. The lowest BCUT2D eigenvalue weighted by molar-refractivity contribution is 0.0550. The largest absolute Gasteiger partial charge is 0.366 e. The fourth-order valence-electron chi connectivity index (χ4n) is 1.99. The minimum atomic E-state index is 0.869. The van der Waals surface area contributed by atoms with Crippen LogP contribution in [0.25, 0.3) is 0 Å². The summed E-state index contributed by atoms with van der Waals surface area (Å²) in [5.74, 6) is 0. The first-order valence-electron chi connectivity index (χ1n) is 4.93. The van der Waals surface area contributed by atoms with Gasteiger partial charge in [0.1, 0.15) is 6.67 Å². The van der Waals surface area contributed by atoms with Crippen LogP contribution in [0.3, 0.4) is 0 Å². The van der Waals surface area contributed by atoms with Crippen LogP contribution >= 0.6 is 0 Å². The van der Waals surface area contributed by atoms with Gasteiger partial charge in [-0.15, -0.1) is 0 Å². The molecule has 0 aromatic heterocycles. The van der Waals surface area contributed by atoms with E-state index in [4.69, 9.17) is 0 Å².